The van der Waals surface area contributed by atoms with E-state index < -0.39 is 0 Å². The minimum absolute atomic E-state index is 0.0898. The number of nitrogens with zero attached hydrogens (tertiary/aromatic N) is 2. The fraction of sp³-hybridized carbons (Fsp3) is 0.364. The quantitative estimate of drug-likeness (QED) is 0.713. The Morgan fingerprint density at radius 2 is 2.12 bits per heavy atom. The highest BCUT2D eigenvalue weighted by molar-refractivity contribution is 5.93. The van der Waals surface area contributed by atoms with Gasteiger partial charge in [-0.05, 0) is 12.1 Å². The average Bonchev–Trinajstić information content (AvgIpc) is 2.35. The smallest absolute Gasteiger partial charge is 0.306 e. The molecule has 0 bridgehead atoms. The van der Waals surface area contributed by atoms with E-state index in [4.69, 9.17) is 0 Å². The van der Waals surface area contributed by atoms with Gasteiger partial charge in [0, 0.05) is 19.7 Å². The summed E-state index contributed by atoms with van der Waals surface area (Å²) in [6.45, 7) is 0. The predicted molar refractivity (Wildman–Crippen MR) is 58.9 cm³/mol. The van der Waals surface area contributed by atoms with Gasteiger partial charge < -0.3 is 4.74 Å². The molecule has 0 N–H and O–H groups in total. The maximum absolute atomic E-state index is 11.6. The van der Waals surface area contributed by atoms with Crippen molar-refractivity contribution >= 4 is 17.7 Å². The first-order valence-corrected chi connectivity index (χ1v) is 4.89. The molecule has 0 aromatic carbocycles. The molecule has 1 aromatic heterocycles. The van der Waals surface area contributed by atoms with E-state index in [1.807, 2.05) is 0 Å². The van der Waals surface area contributed by atoms with E-state index in [9.17, 15) is 9.59 Å². The molecule has 0 atom stereocenters. The van der Waals surface area contributed by atoms with Gasteiger partial charge in [0.1, 0.15) is 5.82 Å². The van der Waals surface area contributed by atoms with E-state index in [0.29, 0.717) is 5.82 Å². The molecule has 16 heavy (non-hydrogen) atoms. The molecule has 0 fully saturated rings. The molecule has 1 amide bonds. The van der Waals surface area contributed by atoms with Crippen LogP contribution < -0.4 is 4.90 Å². The molecule has 0 saturated heterocycles. The number of hydrogen-bond acceptors (Lipinski definition) is 4. The van der Waals surface area contributed by atoms with E-state index in [1.54, 1.807) is 31.4 Å². The predicted octanol–water partition coefficient (Wildman–Crippen LogP) is 0.998. The third-order valence-electron chi connectivity index (χ3n) is 2.14. The number of carbonyl (C=O) groups excluding carboxylic acids is 2. The second-order valence-corrected chi connectivity index (χ2v) is 3.22. The fourth-order valence-electron chi connectivity index (χ4n) is 1.16. The molecule has 1 aromatic rings. The third-order valence-corrected chi connectivity index (χ3v) is 2.14. The number of esters is 1. The Morgan fingerprint density at radius 1 is 1.38 bits per heavy atom. The number of carbonyl (C=O) groups is 2. The van der Waals surface area contributed by atoms with Gasteiger partial charge in [0.05, 0.1) is 13.5 Å². The van der Waals surface area contributed by atoms with E-state index in [1.165, 1.54) is 12.0 Å². The number of aromatic nitrogens is 1. The van der Waals surface area contributed by atoms with Crippen LogP contribution in [0, 0.1) is 0 Å². The summed E-state index contributed by atoms with van der Waals surface area (Å²) >= 11 is 0. The fourth-order valence-corrected chi connectivity index (χ4v) is 1.16. The van der Waals surface area contributed by atoms with Crippen molar-refractivity contribution in [2.45, 2.75) is 12.8 Å². The zero-order valence-electron chi connectivity index (χ0n) is 9.34. The number of hydrogen-bond donors (Lipinski definition) is 0. The van der Waals surface area contributed by atoms with Crippen LogP contribution in [0.4, 0.5) is 5.82 Å². The van der Waals surface area contributed by atoms with Gasteiger partial charge in [0.2, 0.25) is 5.91 Å². The Hall–Kier alpha value is -1.91. The van der Waals surface area contributed by atoms with Crippen molar-refractivity contribution in [3.8, 4) is 0 Å². The van der Waals surface area contributed by atoms with Crippen LogP contribution in [0.3, 0.4) is 0 Å². The standard InChI is InChI=1S/C11H14N2O3/c1-13(9-5-3-4-8-12-9)10(14)6-7-11(15)16-2/h3-5,8H,6-7H2,1-2H3. The Morgan fingerprint density at radius 3 is 2.69 bits per heavy atom. The second kappa shape index (κ2) is 5.85. The van der Waals surface area contributed by atoms with Crippen molar-refractivity contribution in [2.75, 3.05) is 19.1 Å². The molecule has 1 heterocycles. The van der Waals surface area contributed by atoms with Crippen LogP contribution in [0.2, 0.25) is 0 Å². The minimum atomic E-state index is -0.386. The topological polar surface area (TPSA) is 59.5 Å². The lowest BCUT2D eigenvalue weighted by Crippen LogP contribution is -2.27. The minimum Gasteiger partial charge on any atom is -0.469 e. The Bertz CT molecular complexity index is 365. The summed E-state index contributed by atoms with van der Waals surface area (Å²) in [6, 6.07) is 5.30. The van der Waals surface area contributed by atoms with Crippen molar-refractivity contribution in [3.05, 3.63) is 24.4 Å². The van der Waals surface area contributed by atoms with Crippen LogP contribution >= 0.6 is 0 Å². The third kappa shape index (κ3) is 3.34. The molecule has 0 unspecified atom stereocenters. The normalized spacial score (nSPS) is 9.62. The van der Waals surface area contributed by atoms with Crippen LogP contribution in [0.25, 0.3) is 0 Å². The zero-order valence-corrected chi connectivity index (χ0v) is 9.34. The lowest BCUT2D eigenvalue weighted by atomic mass is 10.3. The summed E-state index contributed by atoms with van der Waals surface area (Å²) in [5.41, 5.74) is 0. The van der Waals surface area contributed by atoms with Crippen molar-refractivity contribution in [3.63, 3.8) is 0 Å². The van der Waals surface area contributed by atoms with E-state index in [-0.39, 0.29) is 24.7 Å². The van der Waals surface area contributed by atoms with Crippen molar-refractivity contribution in [1.82, 2.24) is 4.98 Å². The van der Waals surface area contributed by atoms with Crippen molar-refractivity contribution in [2.24, 2.45) is 0 Å². The highest BCUT2D eigenvalue weighted by atomic mass is 16.5. The van der Waals surface area contributed by atoms with Crippen LogP contribution in [-0.2, 0) is 14.3 Å². The molecule has 0 spiro atoms. The Kier molecular flexibility index (Phi) is 4.44. The lowest BCUT2D eigenvalue weighted by Gasteiger charge is -2.15. The zero-order chi connectivity index (χ0) is 12.0. The van der Waals surface area contributed by atoms with E-state index >= 15 is 0 Å². The number of pyridine rings is 1. The van der Waals surface area contributed by atoms with Crippen molar-refractivity contribution < 1.29 is 14.3 Å². The summed E-state index contributed by atoms with van der Waals surface area (Å²) in [7, 11) is 2.93. The molecule has 1 rings (SSSR count). The van der Waals surface area contributed by atoms with Gasteiger partial charge >= 0.3 is 5.97 Å². The molecule has 0 aliphatic rings. The van der Waals surface area contributed by atoms with Crippen molar-refractivity contribution in [1.29, 1.82) is 0 Å². The van der Waals surface area contributed by atoms with Crippen LogP contribution in [0.5, 0.6) is 0 Å². The van der Waals surface area contributed by atoms with Gasteiger partial charge in [-0.25, -0.2) is 4.98 Å². The second-order valence-electron chi connectivity index (χ2n) is 3.22. The first kappa shape index (κ1) is 12.2. The van der Waals surface area contributed by atoms with Gasteiger partial charge in [0.15, 0.2) is 0 Å². The van der Waals surface area contributed by atoms with E-state index in [2.05, 4.69) is 9.72 Å². The molecule has 86 valence electrons. The number of ether oxygens (including phenoxy) is 1. The lowest BCUT2D eigenvalue weighted by molar-refractivity contribution is -0.141. The molecule has 0 saturated carbocycles. The number of amides is 1. The van der Waals surface area contributed by atoms with Gasteiger partial charge in [-0.2, -0.15) is 0 Å². The molecular formula is C11H14N2O3. The highest BCUT2D eigenvalue weighted by Gasteiger charge is 2.13. The summed E-state index contributed by atoms with van der Waals surface area (Å²) < 4.78 is 4.46. The average molecular weight is 222 g/mol. The summed E-state index contributed by atoms with van der Waals surface area (Å²) in [6.07, 6.45) is 1.83. The largest absolute Gasteiger partial charge is 0.469 e. The van der Waals surface area contributed by atoms with E-state index in [0.717, 1.165) is 0 Å². The summed E-state index contributed by atoms with van der Waals surface area (Å²) in [5, 5.41) is 0. The Balaban J connectivity index is 2.52. The first-order chi connectivity index (χ1) is 7.65. The first-order valence-electron chi connectivity index (χ1n) is 4.89. The van der Waals surface area contributed by atoms with Crippen LogP contribution in [0.15, 0.2) is 24.4 Å². The van der Waals surface area contributed by atoms with Gasteiger partial charge in [-0.3, -0.25) is 14.5 Å². The monoisotopic (exact) mass is 222 g/mol. The molecule has 0 aliphatic carbocycles. The highest BCUT2D eigenvalue weighted by Crippen LogP contribution is 2.09. The molecular weight excluding hydrogens is 208 g/mol. The summed E-state index contributed by atoms with van der Waals surface area (Å²) in [4.78, 5) is 28.0. The molecule has 0 aliphatic heterocycles. The molecule has 5 nitrogen and oxygen atoms in total. The molecule has 5 heteroatoms. The SMILES string of the molecule is COC(=O)CCC(=O)N(C)c1ccccn1. The van der Waals surface area contributed by atoms with Gasteiger partial charge in [-0.15, -0.1) is 0 Å². The number of rotatable bonds is 4. The number of anilines is 1. The molecule has 0 radical (unpaired) electrons. The van der Waals surface area contributed by atoms with Crippen LogP contribution in [-0.4, -0.2) is 31.0 Å². The Labute approximate surface area is 94.0 Å². The van der Waals surface area contributed by atoms with Gasteiger partial charge in [-0.1, -0.05) is 6.07 Å². The summed E-state index contributed by atoms with van der Waals surface area (Å²) in [5.74, 6) is 0.0178. The maximum Gasteiger partial charge on any atom is 0.306 e. The maximum atomic E-state index is 11.6. The van der Waals surface area contributed by atoms with Crippen LogP contribution in [0.1, 0.15) is 12.8 Å². The number of methoxy groups -OCH3 is 1. The van der Waals surface area contributed by atoms with Gasteiger partial charge in [0.25, 0.3) is 0 Å².